The number of H-pyrrole nitrogens is 1. The average Bonchev–Trinajstić information content (AvgIpc) is 3.23. The molecule has 0 aliphatic carbocycles. The summed E-state index contributed by atoms with van der Waals surface area (Å²) in [6, 6.07) is 7.22. The van der Waals surface area contributed by atoms with Crippen molar-refractivity contribution in [2.24, 2.45) is 5.14 Å². The van der Waals surface area contributed by atoms with Gasteiger partial charge in [-0.3, -0.25) is 4.79 Å². The summed E-state index contributed by atoms with van der Waals surface area (Å²) in [7, 11) is -4.07. The van der Waals surface area contributed by atoms with Crippen LogP contribution in [0.15, 0.2) is 47.8 Å². The van der Waals surface area contributed by atoms with Crippen molar-refractivity contribution in [3.05, 3.63) is 70.8 Å². The number of carbonyl (C=O) groups is 1. The van der Waals surface area contributed by atoms with Crippen LogP contribution in [0.2, 0.25) is 0 Å². The van der Waals surface area contributed by atoms with E-state index in [0.717, 1.165) is 23.4 Å². The molecule has 0 radical (unpaired) electrons. The van der Waals surface area contributed by atoms with Crippen molar-refractivity contribution in [3.8, 4) is 11.5 Å². The van der Waals surface area contributed by atoms with Crippen molar-refractivity contribution >= 4 is 15.9 Å². The zero-order valence-electron chi connectivity index (χ0n) is 16.7. The van der Waals surface area contributed by atoms with Crippen molar-refractivity contribution in [3.63, 3.8) is 0 Å². The lowest BCUT2D eigenvalue weighted by Gasteiger charge is -2.28. The largest absolute Gasteiger partial charge is 0.457 e. The monoisotopic (exact) mass is 484 g/mol. The van der Waals surface area contributed by atoms with Crippen molar-refractivity contribution < 1.29 is 35.5 Å². The lowest BCUT2D eigenvalue weighted by Crippen LogP contribution is -2.36. The number of imidazole rings is 1. The molecule has 1 aromatic heterocycles. The van der Waals surface area contributed by atoms with Crippen molar-refractivity contribution in [2.45, 2.75) is 24.3 Å². The minimum absolute atomic E-state index is 0.0859. The first-order valence-corrected chi connectivity index (χ1v) is 11.0. The molecule has 3 N–H and O–H groups in total. The van der Waals surface area contributed by atoms with E-state index in [1.807, 2.05) is 0 Å². The molecular formula is C20H16F4N4O4S. The first kappa shape index (κ1) is 22.7. The molecule has 0 bridgehead atoms. The summed E-state index contributed by atoms with van der Waals surface area (Å²) < 4.78 is 80.0. The van der Waals surface area contributed by atoms with Gasteiger partial charge in [0.2, 0.25) is 5.16 Å². The summed E-state index contributed by atoms with van der Waals surface area (Å²) >= 11 is 0. The SMILES string of the molecule is NS(=O)(=O)c1nc(C(=O)N2CCc3cc(Oc4ccc(C(F)(F)F)c(F)c4)ccc3C2)c[nH]1. The molecule has 0 spiro atoms. The third-order valence-corrected chi connectivity index (χ3v) is 5.75. The molecule has 1 aliphatic rings. The van der Waals surface area contributed by atoms with Crippen molar-refractivity contribution in [2.75, 3.05) is 6.54 Å². The van der Waals surface area contributed by atoms with Gasteiger partial charge in [0.05, 0.1) is 5.56 Å². The maximum Gasteiger partial charge on any atom is 0.419 e. The molecule has 174 valence electrons. The zero-order valence-corrected chi connectivity index (χ0v) is 17.5. The van der Waals surface area contributed by atoms with E-state index in [0.29, 0.717) is 30.8 Å². The molecule has 0 saturated carbocycles. The van der Waals surface area contributed by atoms with Crippen LogP contribution in [-0.4, -0.2) is 35.7 Å². The summed E-state index contributed by atoms with van der Waals surface area (Å²) in [6.07, 6.45) is -3.20. The molecule has 33 heavy (non-hydrogen) atoms. The minimum Gasteiger partial charge on any atom is -0.457 e. The Morgan fingerprint density at radius 2 is 1.82 bits per heavy atom. The number of alkyl halides is 3. The third kappa shape index (κ3) is 4.83. The fourth-order valence-corrected chi connectivity index (χ4v) is 3.86. The Balaban J connectivity index is 1.47. The number of amides is 1. The van der Waals surface area contributed by atoms with Crippen molar-refractivity contribution in [1.29, 1.82) is 0 Å². The minimum atomic E-state index is -4.80. The van der Waals surface area contributed by atoms with Gasteiger partial charge in [0.1, 0.15) is 23.0 Å². The van der Waals surface area contributed by atoms with E-state index in [-0.39, 0.29) is 18.0 Å². The number of aromatic nitrogens is 2. The Bertz CT molecular complexity index is 1340. The number of hydrogen-bond acceptors (Lipinski definition) is 5. The van der Waals surface area contributed by atoms with Crippen LogP contribution in [0.1, 0.15) is 27.2 Å². The molecule has 0 saturated heterocycles. The summed E-state index contributed by atoms with van der Waals surface area (Å²) in [5.41, 5.74) is 0.170. The van der Waals surface area contributed by atoms with Crippen LogP contribution >= 0.6 is 0 Å². The number of nitrogens with one attached hydrogen (secondary N) is 1. The quantitative estimate of drug-likeness (QED) is 0.552. The lowest BCUT2D eigenvalue weighted by atomic mass is 9.99. The van der Waals surface area contributed by atoms with E-state index in [1.165, 1.54) is 4.90 Å². The second kappa shape index (κ2) is 8.15. The van der Waals surface area contributed by atoms with Crippen LogP contribution in [0.3, 0.4) is 0 Å². The molecule has 2 heterocycles. The van der Waals surface area contributed by atoms with Crippen LogP contribution in [0.4, 0.5) is 17.6 Å². The summed E-state index contributed by atoms with van der Waals surface area (Å²) in [4.78, 5) is 20.2. The third-order valence-electron chi connectivity index (χ3n) is 5.00. The van der Waals surface area contributed by atoms with Gasteiger partial charge in [-0.25, -0.2) is 22.9 Å². The van der Waals surface area contributed by atoms with Crippen LogP contribution < -0.4 is 9.88 Å². The molecule has 0 atom stereocenters. The molecule has 4 rings (SSSR count). The topological polar surface area (TPSA) is 118 Å². The highest BCUT2D eigenvalue weighted by Gasteiger charge is 2.34. The zero-order chi connectivity index (χ0) is 24.0. The smallest absolute Gasteiger partial charge is 0.419 e. The number of halogens is 4. The van der Waals surface area contributed by atoms with Gasteiger partial charge in [0, 0.05) is 25.4 Å². The van der Waals surface area contributed by atoms with E-state index in [9.17, 15) is 30.8 Å². The number of aromatic amines is 1. The molecule has 2 aromatic carbocycles. The highest BCUT2D eigenvalue weighted by atomic mass is 32.2. The number of hydrogen-bond donors (Lipinski definition) is 2. The number of nitrogens with two attached hydrogens (primary N) is 1. The Kier molecular flexibility index (Phi) is 5.62. The lowest BCUT2D eigenvalue weighted by molar-refractivity contribution is -0.140. The number of rotatable bonds is 4. The van der Waals surface area contributed by atoms with Gasteiger partial charge in [0.25, 0.3) is 15.9 Å². The van der Waals surface area contributed by atoms with Gasteiger partial charge >= 0.3 is 6.18 Å². The van der Waals surface area contributed by atoms with Gasteiger partial charge in [-0.2, -0.15) is 13.2 Å². The first-order chi connectivity index (χ1) is 15.4. The number of nitrogens with zero attached hydrogens (tertiary/aromatic N) is 2. The van der Waals surface area contributed by atoms with E-state index in [2.05, 4.69) is 9.97 Å². The van der Waals surface area contributed by atoms with E-state index in [4.69, 9.17) is 9.88 Å². The maximum absolute atomic E-state index is 13.8. The Hall–Kier alpha value is -3.45. The number of benzene rings is 2. The summed E-state index contributed by atoms with van der Waals surface area (Å²) in [6.45, 7) is 0.530. The highest BCUT2D eigenvalue weighted by molar-refractivity contribution is 7.89. The molecule has 13 heteroatoms. The molecule has 0 unspecified atom stereocenters. The van der Waals surface area contributed by atoms with E-state index in [1.54, 1.807) is 18.2 Å². The number of fused-ring (bicyclic) bond motifs is 1. The first-order valence-electron chi connectivity index (χ1n) is 9.46. The van der Waals surface area contributed by atoms with Gasteiger partial charge in [-0.1, -0.05) is 6.07 Å². The fourth-order valence-electron chi connectivity index (χ4n) is 3.41. The molecule has 1 amide bonds. The van der Waals surface area contributed by atoms with E-state index >= 15 is 0 Å². The number of sulfonamides is 1. The van der Waals surface area contributed by atoms with Gasteiger partial charge in [-0.15, -0.1) is 0 Å². The van der Waals surface area contributed by atoms with Crippen LogP contribution in [0, 0.1) is 5.82 Å². The molecule has 3 aromatic rings. The van der Waals surface area contributed by atoms with Crippen molar-refractivity contribution in [1.82, 2.24) is 14.9 Å². The molecule has 0 fully saturated rings. The highest BCUT2D eigenvalue weighted by Crippen LogP contribution is 2.34. The second-order valence-corrected chi connectivity index (χ2v) is 8.76. The second-order valence-electron chi connectivity index (χ2n) is 7.28. The standard InChI is InChI=1S/C20H16F4N4O4S/c21-16-8-14(3-4-15(16)20(22,23)24)32-13-2-1-12-10-28(6-5-11(12)7-13)18(29)17-9-26-19(27-17)33(25,30)31/h1-4,7-9H,5-6,10H2,(H,26,27)(H2,25,30,31). The molecule has 1 aliphatic heterocycles. The van der Waals surface area contributed by atoms with E-state index < -0.39 is 38.6 Å². The van der Waals surface area contributed by atoms with Crippen LogP contribution in [-0.2, 0) is 29.2 Å². The summed E-state index contributed by atoms with van der Waals surface area (Å²) in [5, 5.41) is 4.48. The maximum atomic E-state index is 13.8. The predicted octanol–water partition coefficient (Wildman–Crippen LogP) is 3.21. The molecular weight excluding hydrogens is 468 g/mol. The van der Waals surface area contributed by atoms with Gasteiger partial charge in [-0.05, 0) is 41.8 Å². The average molecular weight is 484 g/mol. The van der Waals surface area contributed by atoms with Gasteiger partial charge in [0.15, 0.2) is 0 Å². The van der Waals surface area contributed by atoms with Gasteiger partial charge < -0.3 is 14.6 Å². The predicted molar refractivity (Wildman–Crippen MR) is 106 cm³/mol. The summed E-state index contributed by atoms with van der Waals surface area (Å²) in [5.74, 6) is -1.70. The fraction of sp³-hybridized carbons (Fsp3) is 0.200. The van der Waals surface area contributed by atoms with Crippen LogP contribution in [0.25, 0.3) is 0 Å². The van der Waals surface area contributed by atoms with Crippen LogP contribution in [0.5, 0.6) is 11.5 Å². The Morgan fingerprint density at radius 1 is 1.12 bits per heavy atom. The number of ether oxygens (including phenoxy) is 1. The number of primary sulfonamides is 1. The number of carbonyl (C=O) groups excluding carboxylic acids is 1. The Morgan fingerprint density at radius 3 is 2.45 bits per heavy atom. The Labute approximate surface area is 185 Å². The normalized spacial score (nSPS) is 14.2. The molecule has 8 nitrogen and oxygen atoms in total.